The fourth-order valence-electron chi connectivity index (χ4n) is 3.94. The molecule has 1 aliphatic carbocycles. The van der Waals surface area contributed by atoms with Crippen LogP contribution in [0.5, 0.6) is 0 Å². The van der Waals surface area contributed by atoms with Gasteiger partial charge in [0, 0.05) is 39.2 Å². The Balaban J connectivity index is 1.56. The molecule has 0 fully saturated rings. The number of nitrogens with zero attached hydrogens (tertiary/aromatic N) is 3. The van der Waals surface area contributed by atoms with E-state index in [-0.39, 0.29) is 12.5 Å². The minimum atomic E-state index is -1.61. The summed E-state index contributed by atoms with van der Waals surface area (Å²) in [4.78, 5) is 24.9. The van der Waals surface area contributed by atoms with Crippen LogP contribution < -0.4 is 5.32 Å². The third-order valence-corrected chi connectivity index (χ3v) is 5.83. The van der Waals surface area contributed by atoms with Crippen molar-refractivity contribution in [3.05, 3.63) is 100 Å². The first-order chi connectivity index (χ1) is 16.4. The summed E-state index contributed by atoms with van der Waals surface area (Å²) in [6.07, 6.45) is 3.91. The van der Waals surface area contributed by atoms with Crippen molar-refractivity contribution in [2.75, 3.05) is 5.32 Å². The smallest absolute Gasteiger partial charge is 0.313 e. The predicted molar refractivity (Wildman–Crippen MR) is 125 cm³/mol. The number of alkyl halides is 1. The van der Waals surface area contributed by atoms with Gasteiger partial charge in [-0.05, 0) is 42.5 Å². The van der Waals surface area contributed by atoms with Gasteiger partial charge in [-0.3, -0.25) is 9.79 Å². The monoisotopic (exact) mass is 478 g/mol. The van der Waals surface area contributed by atoms with Crippen molar-refractivity contribution in [3.63, 3.8) is 0 Å². The van der Waals surface area contributed by atoms with E-state index in [1.54, 1.807) is 42.6 Å². The molecule has 0 amide bonds. The minimum Gasteiger partial charge on any atom is -0.481 e. The fraction of sp³-hybridized carbons (Fsp3) is 0.120. The summed E-state index contributed by atoms with van der Waals surface area (Å²) >= 11 is 6.27. The zero-order chi connectivity index (χ0) is 23.8. The Morgan fingerprint density at radius 1 is 1.15 bits per heavy atom. The van der Waals surface area contributed by atoms with Crippen molar-refractivity contribution >= 4 is 29.2 Å². The number of hydrogen-bond acceptors (Lipinski definition) is 5. The molecule has 9 heteroatoms. The number of carbonyl (C=O) groups is 1. The quantitative estimate of drug-likeness (QED) is 0.538. The number of halogens is 3. The van der Waals surface area contributed by atoms with Crippen LogP contribution in [0, 0.1) is 11.7 Å². The standard InChI is InChI=1S/C25H17ClF2N4O2/c26-14-5-7-16-18(9-14)23(17-3-1-2-4-20(17)27)29-11-13-12-30-25(32-22(13)16)31-15-6-8-21(28)19(10-15)24(33)34/h1-10,12,19,21H,11H2,(H,33,34)(H,30,31,32). The number of benzene rings is 2. The number of nitrogens with one attached hydrogen (secondary N) is 1. The van der Waals surface area contributed by atoms with Crippen molar-refractivity contribution in [2.45, 2.75) is 12.7 Å². The van der Waals surface area contributed by atoms with Crippen LogP contribution in [0.3, 0.4) is 0 Å². The zero-order valence-corrected chi connectivity index (χ0v) is 18.3. The average Bonchev–Trinajstić information content (AvgIpc) is 2.97. The fourth-order valence-corrected chi connectivity index (χ4v) is 4.12. The SMILES string of the molecule is O=C(O)C1C=C(Nc2ncc3c(n2)-c2ccc(Cl)cc2C(c2ccccc2F)=NC3)C=CC1F. The van der Waals surface area contributed by atoms with E-state index in [9.17, 15) is 18.7 Å². The Kier molecular flexibility index (Phi) is 5.67. The topological polar surface area (TPSA) is 87.5 Å². The Hall–Kier alpha value is -3.91. The molecular weight excluding hydrogens is 462 g/mol. The molecule has 0 radical (unpaired) electrons. The Labute approximate surface area is 198 Å². The minimum absolute atomic E-state index is 0.200. The van der Waals surface area contributed by atoms with Gasteiger partial charge in [-0.25, -0.2) is 18.7 Å². The van der Waals surface area contributed by atoms with E-state index in [2.05, 4.69) is 20.3 Å². The Bertz CT molecular complexity index is 1400. The van der Waals surface area contributed by atoms with Crippen LogP contribution in [0.2, 0.25) is 5.02 Å². The second kappa shape index (κ2) is 8.79. The molecule has 2 aromatic carbocycles. The average molecular weight is 479 g/mol. The first kappa shape index (κ1) is 21.9. The molecule has 6 nitrogen and oxygen atoms in total. The number of carboxylic acid groups (broad SMARTS) is 1. The summed E-state index contributed by atoms with van der Waals surface area (Å²) in [6.45, 7) is 0.221. The molecule has 34 heavy (non-hydrogen) atoms. The van der Waals surface area contributed by atoms with Gasteiger partial charge in [-0.15, -0.1) is 0 Å². The Morgan fingerprint density at radius 2 is 1.97 bits per heavy atom. The van der Waals surface area contributed by atoms with Gasteiger partial charge in [0.15, 0.2) is 0 Å². The molecule has 1 aliphatic heterocycles. The number of carboxylic acids is 1. The molecule has 2 atom stereocenters. The lowest BCUT2D eigenvalue weighted by Crippen LogP contribution is -2.25. The summed E-state index contributed by atoms with van der Waals surface area (Å²) in [5.41, 5.74) is 3.81. The van der Waals surface area contributed by atoms with E-state index in [0.29, 0.717) is 38.8 Å². The van der Waals surface area contributed by atoms with Crippen molar-refractivity contribution < 1.29 is 18.7 Å². The van der Waals surface area contributed by atoms with Gasteiger partial charge >= 0.3 is 5.97 Å². The number of allylic oxidation sites excluding steroid dienone is 2. The number of aromatic nitrogens is 2. The largest absolute Gasteiger partial charge is 0.481 e. The molecule has 0 bridgehead atoms. The van der Waals surface area contributed by atoms with Crippen molar-refractivity contribution in [1.82, 2.24) is 9.97 Å². The third-order valence-electron chi connectivity index (χ3n) is 5.60. The predicted octanol–water partition coefficient (Wildman–Crippen LogP) is 5.19. The van der Waals surface area contributed by atoms with Gasteiger partial charge in [0.05, 0.1) is 18.0 Å². The van der Waals surface area contributed by atoms with E-state index in [4.69, 9.17) is 11.6 Å². The molecule has 5 rings (SSSR count). The second-order valence-corrected chi connectivity index (χ2v) is 8.25. The number of aliphatic carboxylic acids is 1. The lowest BCUT2D eigenvalue weighted by Gasteiger charge is -2.18. The van der Waals surface area contributed by atoms with E-state index < -0.39 is 23.9 Å². The normalized spacial score (nSPS) is 18.8. The molecule has 1 aromatic heterocycles. The Morgan fingerprint density at radius 3 is 2.76 bits per heavy atom. The lowest BCUT2D eigenvalue weighted by atomic mass is 9.95. The van der Waals surface area contributed by atoms with Crippen molar-refractivity contribution in [1.29, 1.82) is 0 Å². The van der Waals surface area contributed by atoms with Gasteiger partial charge in [0.1, 0.15) is 17.9 Å². The maximum Gasteiger partial charge on any atom is 0.313 e. The summed E-state index contributed by atoms with van der Waals surface area (Å²) in [6, 6.07) is 11.6. The van der Waals surface area contributed by atoms with Crippen LogP contribution in [0.25, 0.3) is 11.3 Å². The highest BCUT2D eigenvalue weighted by molar-refractivity contribution is 6.31. The van der Waals surface area contributed by atoms with Crippen LogP contribution in [0.1, 0.15) is 16.7 Å². The number of hydrogen-bond donors (Lipinski definition) is 2. The third kappa shape index (κ3) is 4.08. The summed E-state index contributed by atoms with van der Waals surface area (Å²) in [7, 11) is 0. The second-order valence-electron chi connectivity index (χ2n) is 7.82. The van der Waals surface area contributed by atoms with Gasteiger partial charge in [0.2, 0.25) is 5.95 Å². The number of rotatable bonds is 4. The lowest BCUT2D eigenvalue weighted by molar-refractivity contribution is -0.141. The molecule has 2 heterocycles. The number of fused-ring (bicyclic) bond motifs is 3. The summed E-state index contributed by atoms with van der Waals surface area (Å²) in [5, 5.41) is 12.6. The molecule has 2 aliphatic rings. The molecule has 0 saturated heterocycles. The van der Waals surface area contributed by atoms with E-state index in [0.717, 1.165) is 5.56 Å². The van der Waals surface area contributed by atoms with Gasteiger partial charge < -0.3 is 10.4 Å². The van der Waals surface area contributed by atoms with Gasteiger partial charge in [-0.2, -0.15) is 0 Å². The maximum absolute atomic E-state index is 14.6. The number of anilines is 1. The zero-order valence-electron chi connectivity index (χ0n) is 17.5. The van der Waals surface area contributed by atoms with Crippen molar-refractivity contribution in [2.24, 2.45) is 10.9 Å². The van der Waals surface area contributed by atoms with Crippen molar-refractivity contribution in [3.8, 4) is 11.3 Å². The highest BCUT2D eigenvalue weighted by Gasteiger charge is 2.28. The maximum atomic E-state index is 14.6. The molecule has 3 aromatic rings. The van der Waals surface area contributed by atoms with E-state index >= 15 is 0 Å². The van der Waals surface area contributed by atoms with Gasteiger partial charge in [0.25, 0.3) is 0 Å². The van der Waals surface area contributed by atoms with Crippen LogP contribution >= 0.6 is 11.6 Å². The highest BCUT2D eigenvalue weighted by Crippen LogP contribution is 2.34. The number of aliphatic imine (C=N–C) groups is 1. The van der Waals surface area contributed by atoms with E-state index in [1.807, 2.05) is 0 Å². The van der Waals surface area contributed by atoms with Crippen LogP contribution in [-0.4, -0.2) is 32.9 Å². The van der Waals surface area contributed by atoms with E-state index in [1.165, 1.54) is 24.3 Å². The molecule has 0 saturated carbocycles. The molecule has 2 N–H and O–H groups in total. The summed E-state index contributed by atoms with van der Waals surface area (Å²) in [5.74, 6) is -2.76. The molecule has 170 valence electrons. The first-order valence-electron chi connectivity index (χ1n) is 10.4. The molecule has 2 unspecified atom stereocenters. The van der Waals surface area contributed by atoms with Gasteiger partial charge in [-0.1, -0.05) is 29.8 Å². The highest BCUT2D eigenvalue weighted by atomic mass is 35.5. The summed E-state index contributed by atoms with van der Waals surface area (Å²) < 4.78 is 28.5. The molecule has 0 spiro atoms. The molecular formula is C25H17ClF2N4O2. The van der Waals surface area contributed by atoms with Crippen LogP contribution in [0.4, 0.5) is 14.7 Å². The first-order valence-corrected chi connectivity index (χ1v) is 10.8. The van der Waals surface area contributed by atoms with Crippen LogP contribution in [0.15, 0.2) is 77.6 Å². The van der Waals surface area contributed by atoms with Crippen LogP contribution in [-0.2, 0) is 11.3 Å².